The topological polar surface area (TPSA) is 91.2 Å². The molecule has 0 spiro atoms. The lowest BCUT2D eigenvalue weighted by Crippen LogP contribution is -2.31. The third-order valence-electron chi connectivity index (χ3n) is 5.83. The molecule has 0 bridgehead atoms. The number of nitrogens with zero attached hydrogens (tertiary/aromatic N) is 1. The van der Waals surface area contributed by atoms with E-state index in [1.54, 1.807) is 48.7 Å². The summed E-state index contributed by atoms with van der Waals surface area (Å²) in [7, 11) is 0. The zero-order chi connectivity index (χ0) is 25.2. The van der Waals surface area contributed by atoms with Crippen molar-refractivity contribution in [2.45, 2.75) is 18.9 Å². The van der Waals surface area contributed by atoms with Gasteiger partial charge in [-0.05, 0) is 72.1 Å². The van der Waals surface area contributed by atoms with Crippen molar-refractivity contribution < 1.29 is 23.1 Å². The molecule has 2 heterocycles. The van der Waals surface area contributed by atoms with E-state index < -0.39 is 17.7 Å². The fourth-order valence-electron chi connectivity index (χ4n) is 4.23. The molecule has 0 radical (unpaired) electrons. The Morgan fingerprint density at radius 2 is 1.83 bits per heavy atom. The molecule has 9 heteroatoms. The summed E-state index contributed by atoms with van der Waals surface area (Å²) >= 11 is 6.01. The maximum atomic E-state index is 13.9. The number of amides is 1. The van der Waals surface area contributed by atoms with Gasteiger partial charge in [0.25, 0.3) is 0 Å². The SMILES string of the molecule is O=C(Cc1c[nH]c2ccc(O)cc12)NC(Cc1cc(F)cc(F)c1)c1ncoc1-c1ccc(Cl)cc1. The quantitative estimate of drug-likeness (QED) is 0.248. The number of oxazole rings is 1. The van der Waals surface area contributed by atoms with Gasteiger partial charge in [0.15, 0.2) is 12.2 Å². The van der Waals surface area contributed by atoms with Crippen LogP contribution in [0.15, 0.2) is 77.7 Å². The van der Waals surface area contributed by atoms with Gasteiger partial charge in [0.2, 0.25) is 5.91 Å². The zero-order valence-corrected chi connectivity index (χ0v) is 19.5. The van der Waals surface area contributed by atoms with Crippen molar-refractivity contribution in [3.8, 4) is 17.1 Å². The summed E-state index contributed by atoms with van der Waals surface area (Å²) in [5, 5.41) is 14.0. The van der Waals surface area contributed by atoms with Crippen LogP contribution in [0.25, 0.3) is 22.2 Å². The Morgan fingerprint density at radius 1 is 1.08 bits per heavy atom. The lowest BCUT2D eigenvalue weighted by molar-refractivity contribution is -0.121. The van der Waals surface area contributed by atoms with Gasteiger partial charge < -0.3 is 19.8 Å². The summed E-state index contributed by atoms with van der Waals surface area (Å²) in [5.74, 6) is -1.28. The molecular weight excluding hydrogens is 488 g/mol. The maximum Gasteiger partial charge on any atom is 0.225 e. The summed E-state index contributed by atoms with van der Waals surface area (Å²) in [6, 6.07) is 14.2. The van der Waals surface area contributed by atoms with Crippen molar-refractivity contribution in [3.63, 3.8) is 0 Å². The van der Waals surface area contributed by atoms with Gasteiger partial charge in [-0.1, -0.05) is 11.6 Å². The predicted molar refractivity (Wildman–Crippen MR) is 132 cm³/mol. The summed E-state index contributed by atoms with van der Waals surface area (Å²) in [6.45, 7) is 0. The highest BCUT2D eigenvalue weighted by Gasteiger charge is 2.24. The molecular formula is C27H20ClF2N3O3. The Morgan fingerprint density at radius 3 is 2.58 bits per heavy atom. The van der Waals surface area contributed by atoms with Crippen LogP contribution in [-0.4, -0.2) is 21.0 Å². The average Bonchev–Trinajstić information content (AvgIpc) is 3.46. The van der Waals surface area contributed by atoms with Crippen LogP contribution in [0.3, 0.4) is 0 Å². The molecule has 0 saturated heterocycles. The number of phenolic OH excluding ortho intramolecular Hbond substituents is 1. The fourth-order valence-corrected chi connectivity index (χ4v) is 4.36. The number of nitrogens with one attached hydrogen (secondary N) is 2. The maximum absolute atomic E-state index is 13.9. The molecule has 3 aromatic carbocycles. The van der Waals surface area contributed by atoms with Gasteiger partial charge in [-0.15, -0.1) is 0 Å². The lowest BCUT2D eigenvalue weighted by Gasteiger charge is -2.18. The van der Waals surface area contributed by atoms with E-state index in [0.717, 1.165) is 17.0 Å². The van der Waals surface area contributed by atoms with E-state index in [1.165, 1.54) is 18.5 Å². The number of halogens is 3. The zero-order valence-electron chi connectivity index (χ0n) is 18.8. The molecule has 5 aromatic rings. The molecule has 2 aromatic heterocycles. The molecule has 0 aliphatic heterocycles. The number of benzene rings is 3. The van der Waals surface area contributed by atoms with Crippen LogP contribution >= 0.6 is 11.6 Å². The summed E-state index contributed by atoms with van der Waals surface area (Å²) in [4.78, 5) is 20.6. The highest BCUT2D eigenvalue weighted by molar-refractivity contribution is 6.30. The molecule has 6 nitrogen and oxygen atoms in total. The highest BCUT2D eigenvalue weighted by Crippen LogP contribution is 2.31. The number of hydrogen-bond donors (Lipinski definition) is 3. The van der Waals surface area contributed by atoms with E-state index in [9.17, 15) is 18.7 Å². The second-order valence-corrected chi connectivity index (χ2v) is 8.83. The van der Waals surface area contributed by atoms with Crippen molar-refractivity contribution in [1.29, 1.82) is 0 Å². The Hall–Kier alpha value is -4.17. The van der Waals surface area contributed by atoms with Gasteiger partial charge in [-0.2, -0.15) is 0 Å². The van der Waals surface area contributed by atoms with E-state index in [2.05, 4.69) is 15.3 Å². The third kappa shape index (κ3) is 5.08. The van der Waals surface area contributed by atoms with Gasteiger partial charge >= 0.3 is 0 Å². The smallest absolute Gasteiger partial charge is 0.225 e. The Balaban J connectivity index is 1.46. The molecule has 1 atom stereocenters. The minimum absolute atomic E-state index is 0.00555. The second-order valence-electron chi connectivity index (χ2n) is 8.40. The summed E-state index contributed by atoms with van der Waals surface area (Å²) < 4.78 is 33.4. The number of aromatic nitrogens is 2. The number of aromatic hydroxyl groups is 1. The first-order chi connectivity index (χ1) is 17.4. The normalized spacial score (nSPS) is 12.1. The summed E-state index contributed by atoms with van der Waals surface area (Å²) in [5.41, 5.74) is 2.91. The van der Waals surface area contributed by atoms with Crippen LogP contribution in [0.1, 0.15) is 22.9 Å². The monoisotopic (exact) mass is 507 g/mol. The third-order valence-corrected chi connectivity index (χ3v) is 6.08. The molecule has 5 rings (SSSR count). The molecule has 3 N–H and O–H groups in total. The molecule has 0 saturated carbocycles. The number of rotatable bonds is 7. The molecule has 1 amide bonds. The molecule has 1 unspecified atom stereocenters. The lowest BCUT2D eigenvalue weighted by atomic mass is 9.99. The Labute approximate surface area is 209 Å². The number of aromatic amines is 1. The first-order valence-corrected chi connectivity index (χ1v) is 11.5. The summed E-state index contributed by atoms with van der Waals surface area (Å²) in [6.07, 6.45) is 3.04. The van der Waals surface area contributed by atoms with Crippen LogP contribution < -0.4 is 5.32 Å². The van der Waals surface area contributed by atoms with Crippen LogP contribution in [0, 0.1) is 11.6 Å². The van der Waals surface area contributed by atoms with Crippen molar-refractivity contribution >= 4 is 28.4 Å². The van der Waals surface area contributed by atoms with E-state index in [4.69, 9.17) is 16.0 Å². The van der Waals surface area contributed by atoms with Crippen molar-refractivity contribution in [2.75, 3.05) is 0 Å². The highest BCUT2D eigenvalue weighted by atomic mass is 35.5. The van der Waals surface area contributed by atoms with Gasteiger partial charge in [0.1, 0.15) is 23.1 Å². The van der Waals surface area contributed by atoms with E-state index in [-0.39, 0.29) is 24.5 Å². The predicted octanol–water partition coefficient (Wildman–Crippen LogP) is 6.10. The van der Waals surface area contributed by atoms with Crippen molar-refractivity contribution in [3.05, 3.63) is 107 Å². The standard InChI is InChI=1S/C27H20ClF2N3O3/c28-18-3-1-16(2-4-18)27-26(32-14-36-27)24(9-15-7-19(29)11-20(30)8-15)33-25(35)10-17-13-31-23-6-5-21(34)12-22(17)23/h1-8,11-14,24,31,34H,9-10H2,(H,33,35). The van der Waals surface area contributed by atoms with Crippen LogP contribution in [-0.2, 0) is 17.6 Å². The molecule has 182 valence electrons. The Bertz CT molecular complexity index is 1530. The van der Waals surface area contributed by atoms with Crippen LogP contribution in [0.5, 0.6) is 5.75 Å². The van der Waals surface area contributed by atoms with E-state index in [0.29, 0.717) is 33.2 Å². The number of H-pyrrole nitrogens is 1. The minimum atomic E-state index is -0.748. The number of carbonyl (C=O) groups is 1. The van der Waals surface area contributed by atoms with Crippen LogP contribution in [0.2, 0.25) is 5.02 Å². The molecule has 0 aliphatic carbocycles. The molecule has 0 aliphatic rings. The minimum Gasteiger partial charge on any atom is -0.508 e. The number of hydrogen-bond acceptors (Lipinski definition) is 4. The molecule has 0 fully saturated rings. The van der Waals surface area contributed by atoms with Crippen molar-refractivity contribution in [2.24, 2.45) is 0 Å². The number of phenols is 1. The number of fused-ring (bicyclic) bond motifs is 1. The fraction of sp³-hybridized carbons (Fsp3) is 0.111. The Kier molecular flexibility index (Phi) is 6.43. The first kappa shape index (κ1) is 23.6. The van der Waals surface area contributed by atoms with E-state index in [1.807, 2.05) is 0 Å². The van der Waals surface area contributed by atoms with Crippen LogP contribution in [0.4, 0.5) is 8.78 Å². The van der Waals surface area contributed by atoms with Gasteiger partial charge in [0, 0.05) is 33.8 Å². The van der Waals surface area contributed by atoms with Crippen molar-refractivity contribution in [1.82, 2.24) is 15.3 Å². The molecule has 36 heavy (non-hydrogen) atoms. The van der Waals surface area contributed by atoms with E-state index >= 15 is 0 Å². The van der Waals surface area contributed by atoms with Gasteiger partial charge in [-0.3, -0.25) is 4.79 Å². The largest absolute Gasteiger partial charge is 0.508 e. The second kappa shape index (κ2) is 9.83. The number of carbonyl (C=O) groups excluding carboxylic acids is 1. The first-order valence-electron chi connectivity index (χ1n) is 11.1. The average molecular weight is 508 g/mol. The van der Waals surface area contributed by atoms with Gasteiger partial charge in [-0.25, -0.2) is 13.8 Å². The van der Waals surface area contributed by atoms with Gasteiger partial charge in [0.05, 0.1) is 12.5 Å².